The summed E-state index contributed by atoms with van der Waals surface area (Å²) in [6.45, 7) is 2.09. The van der Waals surface area contributed by atoms with Crippen molar-refractivity contribution in [2.45, 2.75) is 6.92 Å². The molecule has 0 bridgehead atoms. The van der Waals surface area contributed by atoms with E-state index in [1.165, 1.54) is 5.56 Å². The minimum atomic E-state index is 0.618. The molecule has 3 rings (SSSR count). The number of aryl methyl sites for hydroxylation is 1. The second-order valence-corrected chi connectivity index (χ2v) is 5.17. The zero-order valence-electron chi connectivity index (χ0n) is 12.0. The summed E-state index contributed by atoms with van der Waals surface area (Å²) in [5.41, 5.74) is 19.2. The maximum atomic E-state index is 6.30. The van der Waals surface area contributed by atoms with E-state index in [1.807, 2.05) is 42.5 Å². The predicted octanol–water partition coefficient (Wildman–Crippen LogP) is 4.49. The maximum Gasteiger partial charge on any atom is 0.0633 e. The van der Waals surface area contributed by atoms with E-state index < -0.39 is 0 Å². The molecule has 3 aromatic rings. The van der Waals surface area contributed by atoms with Crippen LogP contribution < -0.4 is 11.5 Å². The van der Waals surface area contributed by atoms with E-state index in [9.17, 15) is 0 Å². The van der Waals surface area contributed by atoms with Crippen LogP contribution in [0.3, 0.4) is 0 Å². The Balaban J connectivity index is 2.33. The van der Waals surface area contributed by atoms with Crippen molar-refractivity contribution in [1.82, 2.24) is 0 Å². The number of benzene rings is 3. The molecule has 3 aromatic carbocycles. The zero-order chi connectivity index (χ0) is 14.8. The molecule has 0 aromatic heterocycles. The molecule has 0 fully saturated rings. The highest BCUT2D eigenvalue weighted by atomic mass is 14.7. The van der Waals surface area contributed by atoms with Gasteiger partial charge in [0, 0.05) is 5.56 Å². The lowest BCUT2D eigenvalue weighted by atomic mass is 9.90. The van der Waals surface area contributed by atoms with Crippen LogP contribution >= 0.6 is 0 Å². The van der Waals surface area contributed by atoms with Crippen LogP contribution in [0.4, 0.5) is 11.4 Å². The first-order valence-electron chi connectivity index (χ1n) is 6.98. The molecule has 0 radical (unpaired) electrons. The van der Waals surface area contributed by atoms with E-state index in [2.05, 4.69) is 31.2 Å². The minimum absolute atomic E-state index is 0.618. The summed E-state index contributed by atoms with van der Waals surface area (Å²) in [6, 6.07) is 22.4. The van der Waals surface area contributed by atoms with Crippen LogP contribution in [0.15, 0.2) is 66.7 Å². The minimum Gasteiger partial charge on any atom is -0.397 e. The number of hydrogen-bond donors (Lipinski definition) is 2. The standard InChI is InChI=1S/C19H18N2/c1-13-7-5-6-10-15(13)18-16(11-12-17(20)19(18)21)14-8-3-2-4-9-14/h2-12H,20-21H2,1H3. The van der Waals surface area contributed by atoms with Gasteiger partial charge in [-0.05, 0) is 35.2 Å². The molecule has 0 spiro atoms. The molecule has 0 saturated carbocycles. The van der Waals surface area contributed by atoms with Crippen molar-refractivity contribution in [2.24, 2.45) is 0 Å². The third-order valence-corrected chi connectivity index (χ3v) is 3.78. The Hall–Kier alpha value is -2.74. The van der Waals surface area contributed by atoms with Crippen LogP contribution in [0.2, 0.25) is 0 Å². The van der Waals surface area contributed by atoms with Gasteiger partial charge in [0.05, 0.1) is 11.4 Å². The molecule has 0 saturated heterocycles. The Morgan fingerprint density at radius 1 is 0.667 bits per heavy atom. The van der Waals surface area contributed by atoms with E-state index in [1.54, 1.807) is 0 Å². The molecule has 0 aliphatic carbocycles. The Bertz CT molecular complexity index is 777. The van der Waals surface area contributed by atoms with Crippen LogP contribution in [0.25, 0.3) is 22.3 Å². The fourth-order valence-corrected chi connectivity index (χ4v) is 2.64. The van der Waals surface area contributed by atoms with Gasteiger partial charge in [0.25, 0.3) is 0 Å². The molecule has 0 unspecified atom stereocenters. The molecule has 4 N–H and O–H groups in total. The topological polar surface area (TPSA) is 52.0 Å². The monoisotopic (exact) mass is 274 g/mol. The van der Waals surface area contributed by atoms with Gasteiger partial charge in [0.15, 0.2) is 0 Å². The number of rotatable bonds is 2. The van der Waals surface area contributed by atoms with Crippen LogP contribution in [-0.4, -0.2) is 0 Å². The van der Waals surface area contributed by atoms with Crippen molar-refractivity contribution in [2.75, 3.05) is 11.5 Å². The van der Waals surface area contributed by atoms with Crippen molar-refractivity contribution in [1.29, 1.82) is 0 Å². The van der Waals surface area contributed by atoms with Gasteiger partial charge in [-0.25, -0.2) is 0 Å². The highest BCUT2D eigenvalue weighted by molar-refractivity contribution is 5.96. The predicted molar refractivity (Wildman–Crippen MR) is 90.9 cm³/mol. The van der Waals surface area contributed by atoms with Crippen LogP contribution in [-0.2, 0) is 0 Å². The fourth-order valence-electron chi connectivity index (χ4n) is 2.64. The maximum absolute atomic E-state index is 6.30. The van der Waals surface area contributed by atoms with Crippen LogP contribution in [0.1, 0.15) is 5.56 Å². The lowest BCUT2D eigenvalue weighted by molar-refractivity contribution is 1.45. The lowest BCUT2D eigenvalue weighted by Gasteiger charge is -2.16. The van der Waals surface area contributed by atoms with Crippen molar-refractivity contribution in [3.63, 3.8) is 0 Å². The first kappa shape index (κ1) is 13.3. The first-order chi connectivity index (χ1) is 10.2. The zero-order valence-corrected chi connectivity index (χ0v) is 12.0. The highest BCUT2D eigenvalue weighted by Crippen LogP contribution is 2.40. The summed E-state index contributed by atoms with van der Waals surface area (Å²) >= 11 is 0. The number of nitrogens with two attached hydrogens (primary N) is 2. The fraction of sp³-hybridized carbons (Fsp3) is 0.0526. The largest absolute Gasteiger partial charge is 0.397 e. The average Bonchev–Trinajstić information content (AvgIpc) is 2.52. The molecule has 0 atom stereocenters. The molecule has 0 aliphatic rings. The van der Waals surface area contributed by atoms with Crippen molar-refractivity contribution in [3.8, 4) is 22.3 Å². The van der Waals surface area contributed by atoms with Gasteiger partial charge in [0.2, 0.25) is 0 Å². The quantitative estimate of drug-likeness (QED) is 0.676. The third-order valence-electron chi connectivity index (χ3n) is 3.78. The molecular weight excluding hydrogens is 256 g/mol. The van der Waals surface area contributed by atoms with Gasteiger partial charge in [-0.15, -0.1) is 0 Å². The van der Waals surface area contributed by atoms with Gasteiger partial charge < -0.3 is 11.5 Å². The van der Waals surface area contributed by atoms with E-state index in [0.717, 1.165) is 22.3 Å². The summed E-state index contributed by atoms with van der Waals surface area (Å²) in [5, 5.41) is 0. The van der Waals surface area contributed by atoms with Gasteiger partial charge in [-0.3, -0.25) is 0 Å². The normalized spacial score (nSPS) is 10.5. The van der Waals surface area contributed by atoms with E-state index in [4.69, 9.17) is 11.5 Å². The van der Waals surface area contributed by atoms with Crippen molar-refractivity contribution >= 4 is 11.4 Å². The molecule has 21 heavy (non-hydrogen) atoms. The van der Waals surface area contributed by atoms with Gasteiger partial charge >= 0.3 is 0 Å². The second kappa shape index (κ2) is 5.33. The Morgan fingerprint density at radius 3 is 2.05 bits per heavy atom. The lowest BCUT2D eigenvalue weighted by Crippen LogP contribution is -2.00. The Morgan fingerprint density at radius 2 is 1.33 bits per heavy atom. The Kier molecular flexibility index (Phi) is 3.36. The molecular formula is C19H18N2. The second-order valence-electron chi connectivity index (χ2n) is 5.17. The van der Waals surface area contributed by atoms with Gasteiger partial charge in [-0.1, -0.05) is 60.7 Å². The average molecular weight is 274 g/mol. The van der Waals surface area contributed by atoms with Crippen LogP contribution in [0.5, 0.6) is 0 Å². The summed E-state index contributed by atoms with van der Waals surface area (Å²) in [6.07, 6.45) is 0. The first-order valence-corrected chi connectivity index (χ1v) is 6.98. The van der Waals surface area contributed by atoms with Crippen molar-refractivity contribution in [3.05, 3.63) is 72.3 Å². The van der Waals surface area contributed by atoms with Crippen molar-refractivity contribution < 1.29 is 0 Å². The summed E-state index contributed by atoms with van der Waals surface area (Å²) < 4.78 is 0. The number of nitrogen functional groups attached to an aromatic ring is 2. The molecule has 2 nitrogen and oxygen atoms in total. The molecule has 0 amide bonds. The van der Waals surface area contributed by atoms with E-state index >= 15 is 0 Å². The molecule has 0 heterocycles. The number of hydrogen-bond acceptors (Lipinski definition) is 2. The molecule has 104 valence electrons. The van der Waals surface area contributed by atoms with Gasteiger partial charge in [-0.2, -0.15) is 0 Å². The molecule has 0 aliphatic heterocycles. The Labute approximate surface area is 125 Å². The molecule has 2 heteroatoms. The van der Waals surface area contributed by atoms with Crippen LogP contribution in [0, 0.1) is 6.92 Å². The van der Waals surface area contributed by atoms with E-state index in [-0.39, 0.29) is 0 Å². The third kappa shape index (κ3) is 2.36. The smallest absolute Gasteiger partial charge is 0.0633 e. The SMILES string of the molecule is Cc1ccccc1-c1c(-c2ccccc2)ccc(N)c1N. The summed E-state index contributed by atoms with van der Waals surface area (Å²) in [5.74, 6) is 0. The summed E-state index contributed by atoms with van der Waals surface area (Å²) in [7, 11) is 0. The van der Waals surface area contributed by atoms with E-state index in [0.29, 0.717) is 11.4 Å². The summed E-state index contributed by atoms with van der Waals surface area (Å²) in [4.78, 5) is 0. The highest BCUT2D eigenvalue weighted by Gasteiger charge is 2.14. The number of anilines is 2. The van der Waals surface area contributed by atoms with Gasteiger partial charge in [0.1, 0.15) is 0 Å².